The van der Waals surface area contributed by atoms with E-state index in [0.29, 0.717) is 71.6 Å². The molecule has 0 amide bonds. The number of rotatable bonds is 15. The van der Waals surface area contributed by atoms with Gasteiger partial charge in [0.15, 0.2) is 11.2 Å². The van der Waals surface area contributed by atoms with Crippen molar-refractivity contribution in [1.29, 1.82) is 0 Å². The monoisotopic (exact) mass is 446 g/mol. The van der Waals surface area contributed by atoms with E-state index < -0.39 is 0 Å². The van der Waals surface area contributed by atoms with Crippen molar-refractivity contribution in [3.05, 3.63) is 52.1 Å². The van der Waals surface area contributed by atoms with E-state index >= 15 is 0 Å². The van der Waals surface area contributed by atoms with Gasteiger partial charge < -0.3 is 35.0 Å². The van der Waals surface area contributed by atoms with Crippen LogP contribution in [-0.4, -0.2) is 72.3 Å². The van der Waals surface area contributed by atoms with Crippen LogP contribution in [0, 0.1) is 0 Å². The Morgan fingerprint density at radius 3 is 2.12 bits per heavy atom. The summed E-state index contributed by atoms with van der Waals surface area (Å²) in [5.41, 5.74) is 13.5. The Bertz CT molecular complexity index is 1000. The first kappa shape index (κ1) is 23.8. The van der Waals surface area contributed by atoms with Crippen molar-refractivity contribution in [3.63, 3.8) is 0 Å². The van der Waals surface area contributed by atoms with Crippen molar-refractivity contribution < 1.29 is 18.9 Å². The summed E-state index contributed by atoms with van der Waals surface area (Å²) >= 11 is 0. The molecular formula is C21H30N6O5. The zero-order valence-electron chi connectivity index (χ0n) is 18.0. The van der Waals surface area contributed by atoms with E-state index in [0.717, 1.165) is 11.1 Å². The minimum absolute atomic E-state index is 0.0705. The molecule has 3 aromatic rings. The Hall–Kier alpha value is -2.83. The molecule has 1 aromatic carbocycles. The predicted octanol–water partition coefficient (Wildman–Crippen LogP) is 0.275. The summed E-state index contributed by atoms with van der Waals surface area (Å²) in [4.78, 5) is 22.6. The topological polar surface area (TPSA) is 153 Å². The Kier molecular flexibility index (Phi) is 9.60. The lowest BCUT2D eigenvalue weighted by atomic mass is 10.1. The van der Waals surface area contributed by atoms with E-state index in [1.807, 2.05) is 24.3 Å². The quantitative estimate of drug-likeness (QED) is 0.279. The summed E-state index contributed by atoms with van der Waals surface area (Å²) in [5, 5.41) is 0. The SMILES string of the molecule is NCCOCCOCCOCCOCc1ccc(Cn2cnc3c(=O)[nH]c(N)nc32)cc1. The van der Waals surface area contributed by atoms with Gasteiger partial charge in [-0.3, -0.25) is 9.78 Å². The van der Waals surface area contributed by atoms with Crippen LogP contribution in [0.5, 0.6) is 0 Å². The van der Waals surface area contributed by atoms with E-state index in [4.69, 9.17) is 30.4 Å². The molecule has 0 fully saturated rings. The average molecular weight is 447 g/mol. The molecule has 0 aliphatic carbocycles. The molecule has 0 atom stereocenters. The van der Waals surface area contributed by atoms with Crippen LogP contribution in [0.1, 0.15) is 11.1 Å². The first-order valence-corrected chi connectivity index (χ1v) is 10.5. The fourth-order valence-electron chi connectivity index (χ4n) is 2.96. The van der Waals surface area contributed by atoms with Gasteiger partial charge in [0.2, 0.25) is 5.95 Å². The number of ether oxygens (including phenoxy) is 4. The van der Waals surface area contributed by atoms with Gasteiger partial charge in [0.1, 0.15) is 0 Å². The van der Waals surface area contributed by atoms with Gasteiger partial charge in [0.25, 0.3) is 5.56 Å². The third-order valence-electron chi connectivity index (χ3n) is 4.52. The number of fused-ring (bicyclic) bond motifs is 1. The van der Waals surface area contributed by atoms with Crippen molar-refractivity contribution in [2.45, 2.75) is 13.2 Å². The van der Waals surface area contributed by atoms with E-state index in [2.05, 4.69) is 15.0 Å². The van der Waals surface area contributed by atoms with Gasteiger partial charge >= 0.3 is 0 Å². The standard InChI is InChI=1S/C21H30N6O5/c22-5-6-29-7-8-30-9-10-31-11-12-32-14-17-3-1-16(2-4-17)13-27-15-24-18-19(27)25-21(23)26-20(18)28/h1-4,15H,5-14,22H2,(H3,23,25,26,28). The van der Waals surface area contributed by atoms with Crippen molar-refractivity contribution in [2.24, 2.45) is 5.73 Å². The smallest absolute Gasteiger partial charge is 0.280 e. The van der Waals surface area contributed by atoms with E-state index in [1.54, 1.807) is 10.9 Å². The van der Waals surface area contributed by atoms with Gasteiger partial charge in [-0.15, -0.1) is 0 Å². The van der Waals surface area contributed by atoms with Crippen molar-refractivity contribution >= 4 is 17.1 Å². The number of anilines is 1. The first-order valence-electron chi connectivity index (χ1n) is 10.5. The van der Waals surface area contributed by atoms with Crippen LogP contribution in [0.15, 0.2) is 35.4 Å². The normalized spacial score (nSPS) is 11.4. The van der Waals surface area contributed by atoms with Crippen LogP contribution in [0.3, 0.4) is 0 Å². The summed E-state index contributed by atoms with van der Waals surface area (Å²) in [5.74, 6) is 0.0705. The summed E-state index contributed by atoms with van der Waals surface area (Å²) in [6, 6.07) is 8.02. The molecule has 0 bridgehead atoms. The van der Waals surface area contributed by atoms with Gasteiger partial charge in [0, 0.05) is 6.54 Å². The fourth-order valence-corrected chi connectivity index (χ4v) is 2.96. The summed E-state index contributed by atoms with van der Waals surface area (Å²) in [6.07, 6.45) is 1.59. The second-order valence-electron chi connectivity index (χ2n) is 6.99. The Morgan fingerprint density at radius 1 is 0.875 bits per heavy atom. The number of H-pyrrole nitrogens is 1. The highest BCUT2D eigenvalue weighted by Crippen LogP contribution is 2.12. The summed E-state index contributed by atoms with van der Waals surface area (Å²) in [6.45, 7) is 5.24. The molecule has 0 unspecified atom stereocenters. The van der Waals surface area contributed by atoms with Crippen LogP contribution in [0.2, 0.25) is 0 Å². The number of hydrogen-bond donors (Lipinski definition) is 3. The highest BCUT2D eigenvalue weighted by Gasteiger charge is 2.09. The van der Waals surface area contributed by atoms with E-state index in [-0.39, 0.29) is 17.0 Å². The number of hydrogen-bond acceptors (Lipinski definition) is 9. The largest absolute Gasteiger partial charge is 0.378 e. The third-order valence-corrected chi connectivity index (χ3v) is 4.52. The van der Waals surface area contributed by atoms with Gasteiger partial charge in [-0.25, -0.2) is 4.98 Å². The van der Waals surface area contributed by atoms with Crippen molar-refractivity contribution in [3.8, 4) is 0 Å². The lowest BCUT2D eigenvalue weighted by Crippen LogP contribution is -2.14. The van der Waals surface area contributed by atoms with Crippen molar-refractivity contribution in [1.82, 2.24) is 19.5 Å². The van der Waals surface area contributed by atoms with Gasteiger partial charge in [-0.2, -0.15) is 4.98 Å². The Morgan fingerprint density at radius 2 is 1.47 bits per heavy atom. The number of imidazole rings is 1. The molecule has 0 aliphatic rings. The first-order chi connectivity index (χ1) is 15.7. The number of nitrogen functional groups attached to an aromatic ring is 1. The Labute approximate surface area is 185 Å². The van der Waals surface area contributed by atoms with Crippen LogP contribution in [0.4, 0.5) is 5.95 Å². The number of nitrogens with two attached hydrogens (primary N) is 2. The second kappa shape index (κ2) is 12.9. The molecule has 0 aliphatic heterocycles. The molecule has 0 saturated heterocycles. The average Bonchev–Trinajstić information content (AvgIpc) is 3.18. The minimum Gasteiger partial charge on any atom is -0.378 e. The van der Waals surface area contributed by atoms with Crippen LogP contribution in [0.25, 0.3) is 11.2 Å². The van der Waals surface area contributed by atoms with E-state index in [1.165, 1.54) is 0 Å². The zero-order chi connectivity index (χ0) is 22.6. The highest BCUT2D eigenvalue weighted by molar-refractivity contribution is 5.70. The fraction of sp³-hybridized carbons (Fsp3) is 0.476. The summed E-state index contributed by atoms with van der Waals surface area (Å²) in [7, 11) is 0. The second-order valence-corrected chi connectivity index (χ2v) is 6.99. The number of aromatic nitrogens is 4. The Balaban J connectivity index is 1.32. The lowest BCUT2D eigenvalue weighted by Gasteiger charge is -2.08. The molecule has 11 heteroatoms. The number of benzene rings is 1. The third kappa shape index (κ3) is 7.39. The van der Waals surface area contributed by atoms with Crippen LogP contribution >= 0.6 is 0 Å². The molecule has 5 N–H and O–H groups in total. The molecule has 2 aromatic heterocycles. The van der Waals surface area contributed by atoms with Gasteiger partial charge in [-0.05, 0) is 11.1 Å². The molecule has 3 rings (SSSR count). The molecule has 0 spiro atoms. The predicted molar refractivity (Wildman–Crippen MR) is 119 cm³/mol. The maximum absolute atomic E-state index is 11.9. The molecule has 11 nitrogen and oxygen atoms in total. The van der Waals surface area contributed by atoms with Crippen LogP contribution in [-0.2, 0) is 32.1 Å². The van der Waals surface area contributed by atoms with Gasteiger partial charge in [-0.1, -0.05) is 24.3 Å². The summed E-state index contributed by atoms with van der Waals surface area (Å²) < 4.78 is 23.5. The number of nitrogens with zero attached hydrogens (tertiary/aromatic N) is 3. The van der Waals surface area contributed by atoms with Gasteiger partial charge in [0.05, 0.1) is 65.7 Å². The molecule has 174 valence electrons. The maximum Gasteiger partial charge on any atom is 0.280 e. The minimum atomic E-state index is -0.344. The van der Waals surface area contributed by atoms with Crippen LogP contribution < -0.4 is 17.0 Å². The molecular weight excluding hydrogens is 416 g/mol. The van der Waals surface area contributed by atoms with E-state index in [9.17, 15) is 4.79 Å². The number of nitrogens with one attached hydrogen (secondary N) is 1. The number of aromatic amines is 1. The molecule has 2 heterocycles. The molecule has 0 radical (unpaired) electrons. The lowest BCUT2D eigenvalue weighted by molar-refractivity contribution is -0.00335. The van der Waals surface area contributed by atoms with Crippen molar-refractivity contribution in [2.75, 3.05) is 58.5 Å². The highest BCUT2D eigenvalue weighted by atomic mass is 16.6. The molecule has 32 heavy (non-hydrogen) atoms. The maximum atomic E-state index is 11.9. The molecule has 0 saturated carbocycles. The zero-order valence-corrected chi connectivity index (χ0v) is 18.0.